The van der Waals surface area contributed by atoms with Crippen LogP contribution in [0.1, 0.15) is 20.8 Å². The number of nitrogens with zero attached hydrogens (tertiary/aromatic N) is 3. The lowest BCUT2D eigenvalue weighted by Gasteiger charge is -2.20. The number of carbonyl (C=O) groups is 2. The van der Waals surface area contributed by atoms with Crippen molar-refractivity contribution >= 4 is 40.0 Å². The van der Waals surface area contributed by atoms with Gasteiger partial charge in [0.25, 0.3) is 0 Å². The smallest absolute Gasteiger partial charge is 0.239 e. The van der Waals surface area contributed by atoms with Crippen LogP contribution in [0.2, 0.25) is 0 Å². The quantitative estimate of drug-likeness (QED) is 0.714. The third-order valence-electron chi connectivity index (χ3n) is 2.26. The fraction of sp³-hybridized carbons (Fsp3) is 0.636. The summed E-state index contributed by atoms with van der Waals surface area (Å²) < 4.78 is 0.651. The highest BCUT2D eigenvalue weighted by Crippen LogP contribution is 2.23. The zero-order chi connectivity index (χ0) is 15.1. The van der Waals surface area contributed by atoms with Crippen molar-refractivity contribution in [3.63, 3.8) is 0 Å². The van der Waals surface area contributed by atoms with Crippen LogP contribution in [0, 0.1) is 0 Å². The second-order valence-electron chi connectivity index (χ2n) is 4.33. The van der Waals surface area contributed by atoms with Gasteiger partial charge < -0.3 is 16.0 Å². The van der Waals surface area contributed by atoms with Gasteiger partial charge in [0.05, 0.1) is 12.3 Å². The Bertz CT molecular complexity index is 463. The molecule has 0 aliphatic heterocycles. The van der Waals surface area contributed by atoms with E-state index in [4.69, 9.17) is 5.73 Å². The Kier molecular flexibility index (Phi) is 6.73. The van der Waals surface area contributed by atoms with Crippen LogP contribution in [0.5, 0.6) is 0 Å². The Labute approximate surface area is 126 Å². The van der Waals surface area contributed by atoms with Gasteiger partial charge in [0.15, 0.2) is 4.34 Å². The van der Waals surface area contributed by atoms with E-state index in [2.05, 4.69) is 15.5 Å². The van der Waals surface area contributed by atoms with E-state index in [9.17, 15) is 9.59 Å². The molecule has 1 rings (SSSR count). The van der Waals surface area contributed by atoms with E-state index >= 15 is 0 Å². The van der Waals surface area contributed by atoms with Crippen LogP contribution in [-0.2, 0) is 9.59 Å². The van der Waals surface area contributed by atoms with Crippen LogP contribution < -0.4 is 11.1 Å². The molecule has 0 aliphatic rings. The van der Waals surface area contributed by atoms with Gasteiger partial charge in [0.2, 0.25) is 16.9 Å². The number of rotatable bonds is 7. The number of carbonyl (C=O) groups excluding carboxylic acids is 2. The number of nitrogens with one attached hydrogen (secondary N) is 1. The molecule has 0 radical (unpaired) electrons. The lowest BCUT2D eigenvalue weighted by atomic mass is 10.3. The molecule has 0 saturated heterocycles. The van der Waals surface area contributed by atoms with Crippen LogP contribution >= 0.6 is 23.1 Å². The van der Waals surface area contributed by atoms with Crippen molar-refractivity contribution in [2.45, 2.75) is 31.2 Å². The molecule has 1 aromatic rings. The van der Waals surface area contributed by atoms with Gasteiger partial charge >= 0.3 is 0 Å². The number of nitrogens with two attached hydrogens (primary N) is 1. The van der Waals surface area contributed by atoms with E-state index in [0.29, 0.717) is 16.0 Å². The first-order chi connectivity index (χ1) is 9.42. The summed E-state index contributed by atoms with van der Waals surface area (Å²) in [7, 11) is 0. The van der Waals surface area contributed by atoms with Crippen LogP contribution in [0.4, 0.5) is 5.13 Å². The van der Waals surface area contributed by atoms with Crippen LogP contribution in [0.25, 0.3) is 0 Å². The van der Waals surface area contributed by atoms with Gasteiger partial charge in [-0.3, -0.25) is 9.59 Å². The lowest BCUT2D eigenvalue weighted by molar-refractivity contribution is -0.134. The van der Waals surface area contributed by atoms with Crippen molar-refractivity contribution in [3.05, 3.63) is 0 Å². The molecule has 0 fully saturated rings. The molecule has 20 heavy (non-hydrogen) atoms. The molecule has 0 spiro atoms. The number of hydrogen-bond donors (Lipinski definition) is 2. The number of aromatic nitrogens is 2. The summed E-state index contributed by atoms with van der Waals surface area (Å²) in [6.45, 7) is 6.17. The summed E-state index contributed by atoms with van der Waals surface area (Å²) in [5, 5.41) is 10.6. The summed E-state index contributed by atoms with van der Waals surface area (Å²) >= 11 is 2.52. The fourth-order valence-corrected chi connectivity index (χ4v) is 2.95. The molecule has 112 valence electrons. The molecular formula is C11H19N5O2S2. The number of amides is 2. The summed E-state index contributed by atoms with van der Waals surface area (Å²) in [5.74, 6) is -0.0391. The first-order valence-electron chi connectivity index (χ1n) is 6.21. The van der Waals surface area contributed by atoms with E-state index in [1.807, 2.05) is 20.8 Å². The molecule has 9 heteroatoms. The largest absolute Gasteiger partial charge is 0.374 e. The zero-order valence-electron chi connectivity index (χ0n) is 11.8. The van der Waals surface area contributed by atoms with Gasteiger partial charge in [-0.15, -0.1) is 10.2 Å². The van der Waals surface area contributed by atoms with E-state index < -0.39 is 0 Å². The highest BCUT2D eigenvalue weighted by atomic mass is 32.2. The Morgan fingerprint density at radius 3 is 2.65 bits per heavy atom. The van der Waals surface area contributed by atoms with Crippen molar-refractivity contribution in [1.29, 1.82) is 0 Å². The van der Waals surface area contributed by atoms with Crippen molar-refractivity contribution in [1.82, 2.24) is 20.4 Å². The highest BCUT2D eigenvalue weighted by molar-refractivity contribution is 8.01. The Hall–Kier alpha value is -1.35. The topological polar surface area (TPSA) is 101 Å². The molecule has 3 N–H and O–H groups in total. The van der Waals surface area contributed by atoms with Crippen LogP contribution in [-0.4, -0.2) is 51.8 Å². The Morgan fingerprint density at radius 2 is 2.15 bits per heavy atom. The van der Waals surface area contributed by atoms with Gasteiger partial charge in [0.1, 0.15) is 0 Å². The number of thioether (sulfide) groups is 1. The summed E-state index contributed by atoms with van der Waals surface area (Å²) in [4.78, 5) is 25.2. The number of nitrogen functional groups attached to an aromatic ring is 1. The second kappa shape index (κ2) is 8.05. The maximum absolute atomic E-state index is 12.0. The number of anilines is 1. The van der Waals surface area contributed by atoms with Crippen molar-refractivity contribution in [3.8, 4) is 0 Å². The molecule has 0 unspecified atom stereocenters. The number of likely N-dealkylation sites (N-methyl/N-ethyl adjacent to an activating group) is 1. The molecular weight excluding hydrogens is 298 g/mol. The average molecular weight is 317 g/mol. The Morgan fingerprint density at radius 1 is 1.45 bits per heavy atom. The third kappa shape index (κ3) is 5.74. The van der Waals surface area contributed by atoms with Gasteiger partial charge in [0, 0.05) is 12.6 Å². The number of hydrogen-bond acceptors (Lipinski definition) is 7. The predicted molar refractivity (Wildman–Crippen MR) is 80.6 cm³/mol. The van der Waals surface area contributed by atoms with Gasteiger partial charge in [-0.2, -0.15) is 0 Å². The lowest BCUT2D eigenvalue weighted by Crippen LogP contribution is -2.43. The molecule has 0 saturated carbocycles. The van der Waals surface area contributed by atoms with E-state index in [-0.39, 0.29) is 30.2 Å². The molecule has 2 amide bonds. The summed E-state index contributed by atoms with van der Waals surface area (Å²) in [6, 6.07) is 0.0649. The minimum atomic E-state index is -0.152. The predicted octanol–water partition coefficient (Wildman–Crippen LogP) is 0.586. The van der Waals surface area contributed by atoms with Crippen LogP contribution in [0.3, 0.4) is 0 Å². The summed E-state index contributed by atoms with van der Waals surface area (Å²) in [5.41, 5.74) is 5.47. The van der Waals surface area contributed by atoms with Crippen molar-refractivity contribution < 1.29 is 9.59 Å². The van der Waals surface area contributed by atoms with Crippen molar-refractivity contribution in [2.75, 3.05) is 24.6 Å². The van der Waals surface area contributed by atoms with Gasteiger partial charge in [-0.1, -0.05) is 23.1 Å². The minimum Gasteiger partial charge on any atom is -0.374 e. The van der Waals surface area contributed by atoms with E-state index in [1.54, 1.807) is 0 Å². The van der Waals surface area contributed by atoms with E-state index in [1.165, 1.54) is 28.0 Å². The first-order valence-corrected chi connectivity index (χ1v) is 8.01. The van der Waals surface area contributed by atoms with Gasteiger partial charge in [-0.25, -0.2) is 0 Å². The SMILES string of the molecule is CCN(CC(=O)NC(C)C)C(=O)CSc1nnc(N)s1. The minimum absolute atomic E-state index is 0.0649. The molecule has 0 aliphatic carbocycles. The molecule has 0 aromatic carbocycles. The average Bonchev–Trinajstić information content (AvgIpc) is 2.78. The van der Waals surface area contributed by atoms with E-state index in [0.717, 1.165) is 0 Å². The first kappa shape index (κ1) is 16.7. The molecule has 0 bridgehead atoms. The van der Waals surface area contributed by atoms with Crippen molar-refractivity contribution in [2.24, 2.45) is 0 Å². The summed E-state index contributed by atoms with van der Waals surface area (Å²) in [6.07, 6.45) is 0. The Balaban J connectivity index is 2.44. The fourth-order valence-electron chi connectivity index (χ4n) is 1.41. The standard InChI is InChI=1S/C11H19N5O2S2/c1-4-16(5-8(17)13-7(2)3)9(18)6-19-11-15-14-10(12)20-11/h7H,4-6H2,1-3H3,(H2,12,14)(H,13,17). The second-order valence-corrected chi connectivity index (χ2v) is 6.56. The molecule has 1 heterocycles. The maximum Gasteiger partial charge on any atom is 0.239 e. The maximum atomic E-state index is 12.0. The molecule has 1 aromatic heterocycles. The molecule has 0 atom stereocenters. The zero-order valence-corrected chi connectivity index (χ0v) is 13.4. The normalized spacial score (nSPS) is 10.6. The third-order valence-corrected chi connectivity index (χ3v) is 4.13. The highest BCUT2D eigenvalue weighted by Gasteiger charge is 2.17. The van der Waals surface area contributed by atoms with Crippen LogP contribution in [0.15, 0.2) is 4.34 Å². The monoisotopic (exact) mass is 317 g/mol. The van der Waals surface area contributed by atoms with Gasteiger partial charge in [-0.05, 0) is 20.8 Å². The molecule has 7 nitrogen and oxygen atoms in total.